The van der Waals surface area contributed by atoms with Gasteiger partial charge in [0.15, 0.2) is 0 Å². The molecule has 0 aromatic heterocycles. The molecule has 1 heterocycles. The van der Waals surface area contributed by atoms with Gasteiger partial charge in [-0.3, -0.25) is 0 Å². The minimum atomic E-state index is -0.591. The predicted molar refractivity (Wildman–Crippen MR) is 141 cm³/mol. The molecule has 3 N–H and O–H groups in total. The summed E-state index contributed by atoms with van der Waals surface area (Å²) in [5, 5.41) is 24.6. The monoisotopic (exact) mass is 486 g/mol. The molecular formula is C27H46N6O2. The fourth-order valence-corrected chi connectivity index (χ4v) is 8.41. The molecule has 8 heteroatoms. The van der Waals surface area contributed by atoms with Crippen molar-refractivity contribution >= 4 is 17.9 Å². The normalized spacial score (nSPS) is 44.1. The zero-order chi connectivity index (χ0) is 24.7. The Kier molecular flexibility index (Phi) is 6.90. The van der Waals surface area contributed by atoms with E-state index in [2.05, 4.69) is 39.6 Å². The van der Waals surface area contributed by atoms with E-state index in [9.17, 15) is 5.11 Å². The Labute approximate surface area is 211 Å². The molecule has 35 heavy (non-hydrogen) atoms. The lowest BCUT2D eigenvalue weighted by Crippen LogP contribution is -2.62. The van der Waals surface area contributed by atoms with Crippen LogP contribution >= 0.6 is 0 Å². The Morgan fingerprint density at radius 2 is 2.03 bits per heavy atom. The van der Waals surface area contributed by atoms with Gasteiger partial charge < -0.3 is 20.2 Å². The van der Waals surface area contributed by atoms with Crippen molar-refractivity contribution < 1.29 is 9.94 Å². The van der Waals surface area contributed by atoms with Crippen molar-refractivity contribution in [1.29, 1.82) is 0 Å². The van der Waals surface area contributed by atoms with Crippen molar-refractivity contribution in [2.75, 3.05) is 40.3 Å². The van der Waals surface area contributed by atoms with Gasteiger partial charge in [0, 0.05) is 36.3 Å². The molecule has 1 aliphatic heterocycles. The summed E-state index contributed by atoms with van der Waals surface area (Å²) in [6.45, 7) is 8.05. The number of rotatable bonds is 6. The van der Waals surface area contributed by atoms with Gasteiger partial charge in [0.05, 0.1) is 12.1 Å². The molecule has 5 aliphatic rings. The van der Waals surface area contributed by atoms with E-state index in [4.69, 9.17) is 9.94 Å². The fourth-order valence-electron chi connectivity index (χ4n) is 8.41. The number of oxime groups is 1. The van der Waals surface area contributed by atoms with Crippen LogP contribution in [-0.2, 0) is 4.84 Å². The van der Waals surface area contributed by atoms with E-state index in [0.717, 1.165) is 64.1 Å². The number of likely N-dealkylation sites (N-methyl/N-ethyl adjacent to an activating group) is 1. The quantitative estimate of drug-likeness (QED) is 0.304. The maximum absolute atomic E-state index is 12.3. The third-order valence-corrected chi connectivity index (χ3v) is 10.7. The van der Waals surface area contributed by atoms with Crippen LogP contribution in [0, 0.1) is 34.5 Å². The predicted octanol–water partition coefficient (Wildman–Crippen LogP) is 3.23. The SMILES string of the molecule is CN(C)CCO/N=C/[C@H]1CC[C@]2(O)[C@@H]3CC[C@@H]4CC(=NNC5=NCCN5)CC[C@]4(C)[C@H]3CC[C@]12C. The highest BCUT2D eigenvalue weighted by atomic mass is 16.6. The lowest BCUT2D eigenvalue weighted by atomic mass is 9.43. The molecule has 7 atom stereocenters. The lowest BCUT2D eigenvalue weighted by Gasteiger charge is -2.63. The molecule has 0 aromatic carbocycles. The minimum Gasteiger partial charge on any atom is -0.395 e. The Morgan fingerprint density at radius 3 is 2.80 bits per heavy atom. The smallest absolute Gasteiger partial charge is 0.212 e. The molecule has 5 rings (SSSR count). The fraction of sp³-hybridized carbons (Fsp3) is 0.889. The highest BCUT2D eigenvalue weighted by Crippen LogP contribution is 2.68. The molecule has 0 unspecified atom stereocenters. The topological polar surface area (TPSA) is 93.8 Å². The van der Waals surface area contributed by atoms with Crippen LogP contribution in [0.2, 0.25) is 0 Å². The van der Waals surface area contributed by atoms with E-state index in [0.29, 0.717) is 35.7 Å². The second-order valence-corrected chi connectivity index (χ2v) is 12.6. The summed E-state index contributed by atoms with van der Waals surface area (Å²) in [4.78, 5) is 12.0. The number of guanidine groups is 1. The highest BCUT2D eigenvalue weighted by Gasteiger charge is 2.66. The summed E-state index contributed by atoms with van der Waals surface area (Å²) in [5.41, 5.74) is 4.04. The summed E-state index contributed by atoms with van der Waals surface area (Å²) in [5.74, 6) is 2.76. The van der Waals surface area contributed by atoms with E-state index >= 15 is 0 Å². The van der Waals surface area contributed by atoms with Gasteiger partial charge in [-0.2, -0.15) is 5.10 Å². The minimum absolute atomic E-state index is 0.105. The van der Waals surface area contributed by atoms with Crippen molar-refractivity contribution in [3.63, 3.8) is 0 Å². The summed E-state index contributed by atoms with van der Waals surface area (Å²) in [6, 6.07) is 0. The highest BCUT2D eigenvalue weighted by molar-refractivity contribution is 5.88. The Balaban J connectivity index is 1.25. The standard InChI is InChI=1S/C27H46N6O2/c1-25-10-8-21(31-32-24-28-13-14-29-24)17-19(25)5-6-23-22(25)9-11-26(2)20(7-12-27(23,26)34)18-30-35-16-15-33(3)4/h18-20,22-23,34H,5-17H2,1-4H3,(H2,28,29,32)/b30-18+,31-21?/t19-,20-,22+,23-,25+,26-,27+/m1/s1. The average Bonchev–Trinajstić information content (AvgIpc) is 3.44. The molecule has 8 nitrogen and oxygen atoms in total. The van der Waals surface area contributed by atoms with Gasteiger partial charge in [-0.1, -0.05) is 19.0 Å². The number of aliphatic hydroxyl groups is 1. The number of hydrogen-bond donors (Lipinski definition) is 3. The Hall–Kier alpha value is -1.67. The molecule has 0 radical (unpaired) electrons. The molecule has 0 amide bonds. The van der Waals surface area contributed by atoms with Crippen LogP contribution < -0.4 is 10.7 Å². The van der Waals surface area contributed by atoms with Gasteiger partial charge in [-0.05, 0) is 95.1 Å². The first kappa shape index (κ1) is 25.0. The molecule has 4 fully saturated rings. The summed E-state index contributed by atoms with van der Waals surface area (Å²) >= 11 is 0. The van der Waals surface area contributed by atoms with Crippen LogP contribution in [0.1, 0.15) is 71.6 Å². The molecule has 0 aromatic rings. The van der Waals surface area contributed by atoms with E-state index in [1.54, 1.807) is 0 Å². The van der Waals surface area contributed by atoms with Gasteiger partial charge in [-0.15, -0.1) is 0 Å². The summed E-state index contributed by atoms with van der Waals surface area (Å²) in [7, 11) is 4.08. The molecule has 0 spiro atoms. The lowest BCUT2D eigenvalue weighted by molar-refractivity contribution is -0.198. The van der Waals surface area contributed by atoms with E-state index < -0.39 is 5.60 Å². The van der Waals surface area contributed by atoms with Gasteiger partial charge in [0.2, 0.25) is 5.96 Å². The van der Waals surface area contributed by atoms with Crippen molar-refractivity contribution in [3.05, 3.63) is 0 Å². The molecular weight excluding hydrogens is 440 g/mol. The first-order valence-corrected chi connectivity index (χ1v) is 13.9. The summed E-state index contributed by atoms with van der Waals surface area (Å²) < 4.78 is 0. The maximum atomic E-state index is 12.3. The van der Waals surface area contributed by atoms with Crippen LogP contribution in [-0.4, -0.2) is 73.8 Å². The third kappa shape index (κ3) is 4.39. The van der Waals surface area contributed by atoms with Gasteiger partial charge >= 0.3 is 0 Å². The number of aliphatic imine (C=N–C) groups is 1. The van der Waals surface area contributed by atoms with Crippen molar-refractivity contribution in [3.8, 4) is 0 Å². The molecule has 4 saturated carbocycles. The first-order chi connectivity index (χ1) is 16.8. The molecule has 0 saturated heterocycles. The maximum Gasteiger partial charge on any atom is 0.212 e. The average molecular weight is 487 g/mol. The van der Waals surface area contributed by atoms with E-state index in [-0.39, 0.29) is 5.41 Å². The first-order valence-electron chi connectivity index (χ1n) is 13.9. The van der Waals surface area contributed by atoms with Crippen LogP contribution in [0.5, 0.6) is 0 Å². The van der Waals surface area contributed by atoms with Crippen molar-refractivity contribution in [2.24, 2.45) is 49.8 Å². The van der Waals surface area contributed by atoms with Crippen molar-refractivity contribution in [2.45, 2.75) is 77.2 Å². The number of nitrogens with one attached hydrogen (secondary N) is 2. The van der Waals surface area contributed by atoms with Gasteiger partial charge in [0.1, 0.15) is 6.61 Å². The second kappa shape index (κ2) is 9.66. The number of hydrogen-bond acceptors (Lipinski definition) is 8. The van der Waals surface area contributed by atoms with Crippen LogP contribution in [0.4, 0.5) is 0 Å². The van der Waals surface area contributed by atoms with Crippen LogP contribution in [0.25, 0.3) is 0 Å². The number of nitrogens with zero attached hydrogens (tertiary/aromatic N) is 4. The van der Waals surface area contributed by atoms with Crippen LogP contribution in [0.15, 0.2) is 15.2 Å². The van der Waals surface area contributed by atoms with E-state index in [1.165, 1.54) is 25.0 Å². The van der Waals surface area contributed by atoms with E-state index in [1.807, 2.05) is 20.3 Å². The summed E-state index contributed by atoms with van der Waals surface area (Å²) in [6.07, 6.45) is 11.8. The molecule has 0 bridgehead atoms. The zero-order valence-corrected chi connectivity index (χ0v) is 22.2. The zero-order valence-electron chi connectivity index (χ0n) is 22.2. The van der Waals surface area contributed by atoms with Gasteiger partial charge in [-0.25, -0.2) is 10.4 Å². The second-order valence-electron chi connectivity index (χ2n) is 12.6. The molecule has 196 valence electrons. The third-order valence-electron chi connectivity index (χ3n) is 10.7. The van der Waals surface area contributed by atoms with Crippen LogP contribution in [0.3, 0.4) is 0 Å². The Bertz CT molecular complexity index is 874. The Morgan fingerprint density at radius 1 is 1.17 bits per heavy atom. The van der Waals surface area contributed by atoms with Crippen molar-refractivity contribution in [1.82, 2.24) is 15.6 Å². The number of fused-ring (bicyclic) bond motifs is 5. The molecule has 4 aliphatic carbocycles. The van der Waals surface area contributed by atoms with Gasteiger partial charge in [0.25, 0.3) is 0 Å². The largest absolute Gasteiger partial charge is 0.395 e. The number of hydrazone groups is 1.